The van der Waals surface area contributed by atoms with Gasteiger partial charge in [-0.15, -0.1) is 0 Å². The maximum Gasteiger partial charge on any atom is 0.168 e. The van der Waals surface area contributed by atoms with Crippen molar-refractivity contribution in [1.29, 1.82) is 0 Å². The predicted molar refractivity (Wildman–Crippen MR) is 94.0 cm³/mol. The highest BCUT2D eigenvalue weighted by molar-refractivity contribution is 6.76. The van der Waals surface area contributed by atoms with E-state index in [0.29, 0.717) is 12.4 Å². The summed E-state index contributed by atoms with van der Waals surface area (Å²) >= 11 is 0. The summed E-state index contributed by atoms with van der Waals surface area (Å²) in [7, 11) is -0.842. The van der Waals surface area contributed by atoms with Crippen LogP contribution in [0.5, 0.6) is 11.5 Å². The van der Waals surface area contributed by atoms with E-state index >= 15 is 0 Å². The fourth-order valence-corrected chi connectivity index (χ4v) is 3.72. The van der Waals surface area contributed by atoms with E-state index in [1.807, 2.05) is 0 Å². The Morgan fingerprint density at radius 3 is 2.14 bits per heavy atom. The van der Waals surface area contributed by atoms with Crippen LogP contribution >= 0.6 is 0 Å². The smallest absolute Gasteiger partial charge is 0.168 e. The zero-order valence-corrected chi connectivity index (χ0v) is 15.3. The normalized spacial score (nSPS) is 11.6. The minimum absolute atomic E-state index is 0.332. The molecule has 0 atom stereocenters. The average Bonchev–Trinajstić information content (AvgIpc) is 2.43. The second-order valence-corrected chi connectivity index (χ2v) is 12.9. The van der Waals surface area contributed by atoms with Gasteiger partial charge in [-0.05, 0) is 18.6 Å². The summed E-state index contributed by atoms with van der Waals surface area (Å²) in [6.45, 7) is 7.92. The lowest BCUT2D eigenvalue weighted by Crippen LogP contribution is -2.18. The zero-order valence-electron chi connectivity index (χ0n) is 14.3. The van der Waals surface area contributed by atoms with Crippen molar-refractivity contribution < 1.29 is 14.2 Å². The third-order valence-corrected chi connectivity index (χ3v) is 5.61. The first-order valence-corrected chi connectivity index (χ1v) is 12.2. The van der Waals surface area contributed by atoms with Crippen LogP contribution in [0, 0.1) is 5.82 Å². The second kappa shape index (κ2) is 9.88. The molecule has 0 bridgehead atoms. The lowest BCUT2D eigenvalue weighted by atomic mass is 10.1. The molecule has 0 aromatic heterocycles. The monoisotopic (exact) mass is 326 g/mol. The summed E-state index contributed by atoms with van der Waals surface area (Å²) in [5.41, 5.74) is 0. The molecule has 0 saturated carbocycles. The number of hydrogen-bond acceptors (Lipinski definition) is 2. The van der Waals surface area contributed by atoms with Gasteiger partial charge >= 0.3 is 0 Å². The lowest BCUT2D eigenvalue weighted by molar-refractivity contribution is 0.301. The Bertz CT molecular complexity index is 430. The van der Waals surface area contributed by atoms with Crippen molar-refractivity contribution >= 4 is 8.07 Å². The first-order chi connectivity index (χ1) is 10.4. The molecule has 0 unspecified atom stereocenters. The number of aromatic hydroxyl groups is 1. The molecule has 1 rings (SSSR count). The van der Waals surface area contributed by atoms with E-state index in [2.05, 4.69) is 19.6 Å². The van der Waals surface area contributed by atoms with Gasteiger partial charge < -0.3 is 9.84 Å². The van der Waals surface area contributed by atoms with Gasteiger partial charge in [-0.3, -0.25) is 0 Å². The minimum Gasteiger partial charge on any atom is -0.505 e. The summed E-state index contributed by atoms with van der Waals surface area (Å²) in [5, 5.41) is 9.09. The molecule has 0 saturated heterocycles. The van der Waals surface area contributed by atoms with Crippen molar-refractivity contribution in [1.82, 2.24) is 0 Å². The van der Waals surface area contributed by atoms with Crippen LogP contribution in [0.25, 0.3) is 0 Å². The number of halogens is 1. The van der Waals surface area contributed by atoms with Gasteiger partial charge in [-0.25, -0.2) is 4.39 Å². The van der Waals surface area contributed by atoms with Crippen molar-refractivity contribution in [2.24, 2.45) is 0 Å². The third-order valence-electron chi connectivity index (χ3n) is 3.76. The van der Waals surface area contributed by atoms with E-state index < -0.39 is 13.9 Å². The van der Waals surface area contributed by atoms with Crippen LogP contribution < -0.4 is 4.74 Å². The molecule has 0 aliphatic heterocycles. The molecule has 0 aliphatic carbocycles. The summed E-state index contributed by atoms with van der Waals surface area (Å²) in [5.74, 6) is -0.473. The molecule has 1 aromatic carbocycles. The Hall–Kier alpha value is -1.03. The molecular weight excluding hydrogens is 295 g/mol. The molecule has 0 amide bonds. The van der Waals surface area contributed by atoms with Crippen LogP contribution in [-0.4, -0.2) is 19.8 Å². The standard InChI is InChI=1S/C18H31FO2Si/c1-22(2,3)14-10-8-6-4-5-7-9-13-21-16-11-12-18(20)17(19)15-16/h11-12,15,20H,4-10,13-14H2,1-3H3. The van der Waals surface area contributed by atoms with E-state index in [1.54, 1.807) is 6.07 Å². The van der Waals surface area contributed by atoms with Crippen molar-refractivity contribution in [2.45, 2.75) is 70.6 Å². The number of phenolic OH excluding ortho intramolecular Hbond substituents is 1. The molecule has 1 N–H and O–H groups in total. The second-order valence-electron chi connectivity index (χ2n) is 7.25. The minimum atomic E-state index is -0.842. The fraction of sp³-hybridized carbons (Fsp3) is 0.667. The summed E-state index contributed by atoms with van der Waals surface area (Å²) < 4.78 is 18.6. The summed E-state index contributed by atoms with van der Waals surface area (Å²) in [6.07, 6.45) is 8.82. The van der Waals surface area contributed by atoms with Gasteiger partial charge in [-0.2, -0.15) is 0 Å². The number of unbranched alkanes of at least 4 members (excludes halogenated alkanes) is 6. The quantitative estimate of drug-likeness (QED) is 0.400. The Kier molecular flexibility index (Phi) is 8.54. The van der Waals surface area contributed by atoms with E-state index in [0.717, 1.165) is 12.8 Å². The Morgan fingerprint density at radius 2 is 1.55 bits per heavy atom. The van der Waals surface area contributed by atoms with Gasteiger partial charge in [0.15, 0.2) is 11.6 Å². The number of rotatable bonds is 11. The van der Waals surface area contributed by atoms with E-state index in [9.17, 15) is 4.39 Å². The first-order valence-electron chi connectivity index (χ1n) is 8.50. The van der Waals surface area contributed by atoms with E-state index in [4.69, 9.17) is 9.84 Å². The van der Waals surface area contributed by atoms with Gasteiger partial charge in [0.05, 0.1) is 6.61 Å². The van der Waals surface area contributed by atoms with Crippen molar-refractivity contribution in [2.75, 3.05) is 6.61 Å². The van der Waals surface area contributed by atoms with Gasteiger partial charge in [0.2, 0.25) is 0 Å². The number of benzene rings is 1. The molecule has 1 aromatic rings. The van der Waals surface area contributed by atoms with Crippen LogP contribution in [0.1, 0.15) is 44.9 Å². The average molecular weight is 327 g/mol. The summed E-state index contributed by atoms with van der Waals surface area (Å²) in [6, 6.07) is 5.60. The topological polar surface area (TPSA) is 29.5 Å². The van der Waals surface area contributed by atoms with Gasteiger partial charge in [0, 0.05) is 14.1 Å². The SMILES string of the molecule is C[Si](C)(C)CCCCCCCCCOc1ccc(O)c(F)c1. The summed E-state index contributed by atoms with van der Waals surface area (Å²) in [4.78, 5) is 0. The molecule has 2 nitrogen and oxygen atoms in total. The van der Waals surface area contributed by atoms with Gasteiger partial charge in [-0.1, -0.05) is 64.2 Å². The molecule has 0 fully saturated rings. The van der Waals surface area contributed by atoms with Gasteiger partial charge in [0.25, 0.3) is 0 Å². The highest BCUT2D eigenvalue weighted by Crippen LogP contribution is 2.21. The van der Waals surface area contributed by atoms with Crippen molar-refractivity contribution in [3.05, 3.63) is 24.0 Å². The predicted octanol–water partition coefficient (Wildman–Crippen LogP) is 5.98. The van der Waals surface area contributed by atoms with Crippen LogP contribution in [0.15, 0.2) is 18.2 Å². The van der Waals surface area contributed by atoms with Crippen LogP contribution in [0.4, 0.5) is 4.39 Å². The zero-order chi connectivity index (χ0) is 16.4. The third kappa shape index (κ3) is 9.08. The molecule has 126 valence electrons. The van der Waals surface area contributed by atoms with E-state index in [1.165, 1.54) is 50.3 Å². The molecule has 0 aliphatic rings. The van der Waals surface area contributed by atoms with Crippen LogP contribution in [-0.2, 0) is 0 Å². The molecular formula is C18H31FO2Si. The van der Waals surface area contributed by atoms with Gasteiger partial charge in [0.1, 0.15) is 5.75 Å². The van der Waals surface area contributed by atoms with Crippen molar-refractivity contribution in [3.63, 3.8) is 0 Å². The maximum atomic E-state index is 13.1. The van der Waals surface area contributed by atoms with E-state index in [-0.39, 0.29) is 5.75 Å². The largest absolute Gasteiger partial charge is 0.505 e. The number of hydrogen-bond donors (Lipinski definition) is 1. The molecule has 0 spiro atoms. The first kappa shape index (κ1) is 19.0. The van der Waals surface area contributed by atoms with Crippen LogP contribution in [0.3, 0.4) is 0 Å². The number of phenols is 1. The molecule has 22 heavy (non-hydrogen) atoms. The number of ether oxygens (including phenoxy) is 1. The highest BCUT2D eigenvalue weighted by atomic mass is 28.3. The Balaban J connectivity index is 1.94. The maximum absolute atomic E-state index is 13.1. The fourth-order valence-electron chi connectivity index (χ4n) is 2.41. The Morgan fingerprint density at radius 1 is 0.955 bits per heavy atom. The molecule has 0 radical (unpaired) electrons. The Labute approximate surface area is 135 Å². The molecule has 0 heterocycles. The van der Waals surface area contributed by atoms with Crippen LogP contribution in [0.2, 0.25) is 25.7 Å². The highest BCUT2D eigenvalue weighted by Gasteiger charge is 2.11. The van der Waals surface area contributed by atoms with Crippen molar-refractivity contribution in [3.8, 4) is 11.5 Å². The molecule has 4 heteroatoms. The lowest BCUT2D eigenvalue weighted by Gasteiger charge is -2.14.